The fourth-order valence-corrected chi connectivity index (χ4v) is 2.53. The van der Waals surface area contributed by atoms with E-state index in [-0.39, 0.29) is 11.5 Å². The number of anilines is 2. The van der Waals surface area contributed by atoms with Crippen LogP contribution in [0.3, 0.4) is 0 Å². The lowest BCUT2D eigenvalue weighted by molar-refractivity contribution is -0.180. The molecule has 0 radical (unpaired) electrons. The number of pyridine rings is 2. The van der Waals surface area contributed by atoms with Crippen molar-refractivity contribution in [1.29, 1.82) is 0 Å². The van der Waals surface area contributed by atoms with Gasteiger partial charge in [0.15, 0.2) is 5.82 Å². The highest BCUT2D eigenvalue weighted by atomic mass is 19.4. The molecule has 1 N–H and O–H groups in total. The number of aromatic nitrogens is 2. The molecule has 2 aromatic heterocycles. The first kappa shape index (κ1) is 13.6. The molecule has 0 spiro atoms. The van der Waals surface area contributed by atoms with E-state index in [1.807, 2.05) is 0 Å². The Morgan fingerprint density at radius 1 is 1.24 bits per heavy atom. The molecule has 4 nitrogen and oxygen atoms in total. The van der Waals surface area contributed by atoms with Gasteiger partial charge in [0.05, 0.1) is 11.9 Å². The van der Waals surface area contributed by atoms with Crippen molar-refractivity contribution < 1.29 is 17.6 Å². The third-order valence-corrected chi connectivity index (χ3v) is 3.50. The summed E-state index contributed by atoms with van der Waals surface area (Å²) in [4.78, 5) is 8.32. The summed E-state index contributed by atoms with van der Waals surface area (Å²) in [6.07, 6.45) is -1.51. The van der Waals surface area contributed by atoms with Gasteiger partial charge in [-0.25, -0.2) is 9.37 Å². The van der Waals surface area contributed by atoms with Crippen molar-refractivity contribution in [2.75, 3.05) is 17.3 Å². The van der Waals surface area contributed by atoms with Gasteiger partial charge in [0.25, 0.3) is 0 Å². The van der Waals surface area contributed by atoms with E-state index in [9.17, 15) is 17.6 Å². The summed E-state index contributed by atoms with van der Waals surface area (Å²) >= 11 is 0. The van der Waals surface area contributed by atoms with E-state index in [1.54, 1.807) is 0 Å². The standard InChI is InChI=1S/C13H10F4N4/c1-21-11-10(3-2-5-19-11)20-12(21,13(15,16)17)8-4-6-18-7-9(8)14/h2-7,20H,1H3. The van der Waals surface area contributed by atoms with Gasteiger partial charge in [0.1, 0.15) is 5.82 Å². The fourth-order valence-electron chi connectivity index (χ4n) is 2.53. The van der Waals surface area contributed by atoms with E-state index in [4.69, 9.17) is 0 Å². The second-order valence-corrected chi connectivity index (χ2v) is 4.62. The van der Waals surface area contributed by atoms with Crippen molar-refractivity contribution in [2.45, 2.75) is 11.8 Å². The van der Waals surface area contributed by atoms with Crippen molar-refractivity contribution in [1.82, 2.24) is 9.97 Å². The van der Waals surface area contributed by atoms with E-state index >= 15 is 0 Å². The lowest BCUT2D eigenvalue weighted by atomic mass is 9.98. The predicted molar refractivity (Wildman–Crippen MR) is 68.2 cm³/mol. The normalized spacial score (nSPS) is 21.1. The van der Waals surface area contributed by atoms with E-state index in [1.165, 1.54) is 25.4 Å². The predicted octanol–water partition coefficient (Wildman–Crippen LogP) is 2.89. The SMILES string of the molecule is CN1c2ncccc2NC1(c1ccncc1F)C(F)(F)F. The molecule has 0 aromatic carbocycles. The molecular weight excluding hydrogens is 288 g/mol. The molecule has 1 atom stereocenters. The lowest BCUT2D eigenvalue weighted by Gasteiger charge is -2.38. The van der Waals surface area contributed by atoms with Crippen LogP contribution in [0.4, 0.5) is 29.1 Å². The molecule has 3 rings (SSSR count). The zero-order valence-corrected chi connectivity index (χ0v) is 10.8. The maximum absolute atomic E-state index is 14.0. The van der Waals surface area contributed by atoms with E-state index < -0.39 is 23.2 Å². The van der Waals surface area contributed by atoms with Gasteiger partial charge in [-0.1, -0.05) is 0 Å². The molecule has 110 valence electrons. The Bertz CT molecular complexity index is 688. The monoisotopic (exact) mass is 298 g/mol. The maximum atomic E-state index is 14.0. The van der Waals surface area contributed by atoms with E-state index in [0.29, 0.717) is 0 Å². The number of nitrogens with zero attached hydrogens (tertiary/aromatic N) is 3. The molecule has 0 amide bonds. The van der Waals surface area contributed by atoms with Crippen LogP contribution in [-0.4, -0.2) is 23.2 Å². The van der Waals surface area contributed by atoms with Crippen molar-refractivity contribution in [3.63, 3.8) is 0 Å². The third kappa shape index (κ3) is 1.75. The molecular formula is C13H10F4N4. The van der Waals surface area contributed by atoms with Crippen LogP contribution >= 0.6 is 0 Å². The van der Waals surface area contributed by atoms with Gasteiger partial charge in [-0.3, -0.25) is 4.98 Å². The third-order valence-electron chi connectivity index (χ3n) is 3.50. The molecule has 0 bridgehead atoms. The number of hydrogen-bond acceptors (Lipinski definition) is 4. The van der Waals surface area contributed by atoms with Crippen molar-refractivity contribution in [3.05, 3.63) is 48.2 Å². The van der Waals surface area contributed by atoms with Gasteiger partial charge < -0.3 is 10.2 Å². The van der Waals surface area contributed by atoms with Gasteiger partial charge in [0, 0.05) is 25.0 Å². The Balaban J connectivity index is 2.26. The van der Waals surface area contributed by atoms with Crippen LogP contribution in [0.5, 0.6) is 0 Å². The van der Waals surface area contributed by atoms with E-state index in [0.717, 1.165) is 23.4 Å². The Labute approximate surface area is 117 Å². The summed E-state index contributed by atoms with van der Waals surface area (Å²) in [5, 5.41) is 2.37. The molecule has 1 aliphatic heterocycles. The minimum absolute atomic E-state index is 0.103. The number of hydrogen-bond donors (Lipinski definition) is 1. The average molecular weight is 298 g/mol. The number of rotatable bonds is 1. The first-order valence-electron chi connectivity index (χ1n) is 6.01. The second-order valence-electron chi connectivity index (χ2n) is 4.62. The van der Waals surface area contributed by atoms with Crippen LogP contribution < -0.4 is 10.2 Å². The molecule has 0 fully saturated rings. The highest BCUT2D eigenvalue weighted by molar-refractivity contribution is 5.75. The molecule has 3 heterocycles. The largest absolute Gasteiger partial charge is 0.435 e. The smallest absolute Gasteiger partial charge is 0.348 e. The van der Waals surface area contributed by atoms with Gasteiger partial charge in [-0.15, -0.1) is 0 Å². The van der Waals surface area contributed by atoms with E-state index in [2.05, 4.69) is 15.3 Å². The van der Waals surface area contributed by atoms with Crippen LogP contribution in [0.2, 0.25) is 0 Å². The first-order valence-corrected chi connectivity index (χ1v) is 6.01. The van der Waals surface area contributed by atoms with Gasteiger partial charge in [0.2, 0.25) is 5.66 Å². The van der Waals surface area contributed by atoms with Gasteiger partial charge in [-0.05, 0) is 18.2 Å². The van der Waals surface area contributed by atoms with Crippen LogP contribution in [0.25, 0.3) is 0 Å². The Hall–Kier alpha value is -2.38. The zero-order chi connectivity index (χ0) is 15.3. The molecule has 0 saturated heterocycles. The second kappa shape index (κ2) is 4.31. The minimum atomic E-state index is -4.77. The lowest BCUT2D eigenvalue weighted by Crippen LogP contribution is -2.57. The van der Waals surface area contributed by atoms with Gasteiger partial charge >= 0.3 is 6.18 Å². The Kier molecular flexibility index (Phi) is 2.79. The fraction of sp³-hybridized carbons (Fsp3) is 0.231. The first-order chi connectivity index (χ1) is 9.88. The average Bonchev–Trinajstić information content (AvgIpc) is 2.74. The molecule has 1 aliphatic rings. The molecule has 21 heavy (non-hydrogen) atoms. The number of nitrogens with one attached hydrogen (secondary N) is 1. The zero-order valence-electron chi connectivity index (χ0n) is 10.8. The van der Waals surface area contributed by atoms with Crippen LogP contribution in [0.1, 0.15) is 5.56 Å². The Morgan fingerprint density at radius 3 is 2.62 bits per heavy atom. The number of alkyl halides is 3. The minimum Gasteiger partial charge on any atom is -0.348 e. The van der Waals surface area contributed by atoms with Crippen LogP contribution in [0.15, 0.2) is 36.8 Å². The summed E-state index contributed by atoms with van der Waals surface area (Å²) in [6.45, 7) is 0. The summed E-state index contributed by atoms with van der Waals surface area (Å²) in [5.74, 6) is -0.937. The van der Waals surface area contributed by atoms with Crippen molar-refractivity contribution >= 4 is 11.5 Å². The topological polar surface area (TPSA) is 41.1 Å². The molecule has 1 unspecified atom stereocenters. The highest BCUT2D eigenvalue weighted by Gasteiger charge is 2.64. The number of fused-ring (bicyclic) bond motifs is 1. The summed E-state index contributed by atoms with van der Waals surface area (Å²) in [7, 11) is 1.22. The molecule has 2 aromatic rings. The van der Waals surface area contributed by atoms with Crippen LogP contribution in [0, 0.1) is 5.82 Å². The molecule has 8 heteroatoms. The highest BCUT2D eigenvalue weighted by Crippen LogP contribution is 2.51. The number of halogens is 4. The quantitative estimate of drug-likeness (QED) is 0.822. The molecule has 0 saturated carbocycles. The van der Waals surface area contributed by atoms with Crippen LogP contribution in [-0.2, 0) is 5.66 Å². The molecule has 0 aliphatic carbocycles. The maximum Gasteiger partial charge on any atom is 0.435 e. The Morgan fingerprint density at radius 2 is 2.00 bits per heavy atom. The van der Waals surface area contributed by atoms with Crippen molar-refractivity contribution in [2.24, 2.45) is 0 Å². The van der Waals surface area contributed by atoms with Crippen molar-refractivity contribution in [3.8, 4) is 0 Å². The van der Waals surface area contributed by atoms with Gasteiger partial charge in [-0.2, -0.15) is 13.2 Å². The summed E-state index contributed by atoms with van der Waals surface area (Å²) < 4.78 is 55.3. The summed E-state index contributed by atoms with van der Waals surface area (Å²) in [5.41, 5.74) is -3.07. The summed E-state index contributed by atoms with van der Waals surface area (Å²) in [6, 6.07) is 3.98.